The maximum atomic E-state index is 13.0. The summed E-state index contributed by atoms with van der Waals surface area (Å²) in [5, 5.41) is 0. The van der Waals surface area contributed by atoms with Crippen LogP contribution < -0.4 is 0 Å². The molecule has 6 nitrogen and oxygen atoms in total. The summed E-state index contributed by atoms with van der Waals surface area (Å²) >= 11 is 0. The largest absolute Gasteiger partial charge is 0.462 e. The van der Waals surface area contributed by atoms with Crippen molar-refractivity contribution >= 4 is 17.9 Å². The first kappa shape index (κ1) is 78.9. The van der Waals surface area contributed by atoms with Crippen molar-refractivity contribution in [3.63, 3.8) is 0 Å². The molecule has 0 aromatic rings. The number of allylic oxidation sites excluding steroid dienone is 4. The molecule has 6 heteroatoms. The highest BCUT2D eigenvalue weighted by Gasteiger charge is 2.20. The van der Waals surface area contributed by atoms with Gasteiger partial charge in [0.1, 0.15) is 13.2 Å². The van der Waals surface area contributed by atoms with Gasteiger partial charge in [0.2, 0.25) is 0 Å². The minimum Gasteiger partial charge on any atom is -0.462 e. The Bertz CT molecular complexity index is 1310. The SMILES string of the molecule is CCCCCCC/C=C\C/C=C\CCCCCCCCCCCCCC(=O)OC(COC(=O)CCCCCCCCCCCCCCCCC)COC(=O)CCCCCCCCCCCCCCCCCCCCCCCCCCC. The predicted molar refractivity (Wildman–Crippen MR) is 353 cm³/mol. The molecule has 0 amide bonds. The average Bonchev–Trinajstić information content (AvgIpc) is 3.47. The fraction of sp³-hybridized carbons (Fsp3) is 0.907. The summed E-state index contributed by atoms with van der Waals surface area (Å²) in [4.78, 5) is 38.5. The average molecular weight is 1140 g/mol. The summed E-state index contributed by atoms with van der Waals surface area (Å²) in [7, 11) is 0. The molecule has 0 radical (unpaired) electrons. The summed E-state index contributed by atoms with van der Waals surface area (Å²) in [6.07, 6.45) is 86.4. The molecule has 0 aromatic carbocycles. The lowest BCUT2D eigenvalue weighted by Gasteiger charge is -2.18. The quantitative estimate of drug-likeness (QED) is 0.0261. The Morgan fingerprint density at radius 2 is 0.444 bits per heavy atom. The van der Waals surface area contributed by atoms with Crippen molar-refractivity contribution in [2.75, 3.05) is 13.2 Å². The molecule has 478 valence electrons. The lowest BCUT2D eigenvalue weighted by atomic mass is 10.0. The molecule has 0 heterocycles. The van der Waals surface area contributed by atoms with Gasteiger partial charge in [0.05, 0.1) is 0 Å². The fourth-order valence-corrected chi connectivity index (χ4v) is 11.4. The zero-order valence-electron chi connectivity index (χ0n) is 55.1. The van der Waals surface area contributed by atoms with Crippen molar-refractivity contribution < 1.29 is 28.6 Å². The number of rotatable bonds is 69. The van der Waals surface area contributed by atoms with E-state index >= 15 is 0 Å². The molecule has 0 saturated heterocycles. The van der Waals surface area contributed by atoms with E-state index in [4.69, 9.17) is 14.2 Å². The molecular weight excluding hydrogens is 997 g/mol. The monoisotopic (exact) mass is 1140 g/mol. The van der Waals surface area contributed by atoms with Crippen LogP contribution in [0.4, 0.5) is 0 Å². The van der Waals surface area contributed by atoms with Crippen LogP contribution in [0.3, 0.4) is 0 Å². The molecule has 0 fully saturated rings. The zero-order valence-corrected chi connectivity index (χ0v) is 55.1. The summed E-state index contributed by atoms with van der Waals surface area (Å²) in [6.45, 7) is 6.72. The highest BCUT2D eigenvalue weighted by molar-refractivity contribution is 5.71. The third-order valence-electron chi connectivity index (χ3n) is 17.0. The number of ether oxygens (including phenoxy) is 3. The van der Waals surface area contributed by atoms with E-state index in [0.29, 0.717) is 19.3 Å². The maximum Gasteiger partial charge on any atom is 0.306 e. The van der Waals surface area contributed by atoms with Crippen LogP contribution in [0, 0.1) is 0 Å². The van der Waals surface area contributed by atoms with Crippen LogP contribution in [-0.2, 0) is 28.6 Å². The number of hydrogen-bond donors (Lipinski definition) is 0. The molecule has 0 spiro atoms. The molecule has 0 aliphatic heterocycles. The van der Waals surface area contributed by atoms with Crippen molar-refractivity contribution in [2.45, 2.75) is 425 Å². The van der Waals surface area contributed by atoms with Gasteiger partial charge < -0.3 is 14.2 Å². The number of unbranched alkanes of at least 4 members (excludes halogenated alkanes) is 54. The van der Waals surface area contributed by atoms with E-state index in [1.165, 1.54) is 315 Å². The smallest absolute Gasteiger partial charge is 0.306 e. The van der Waals surface area contributed by atoms with Gasteiger partial charge in [0.15, 0.2) is 6.10 Å². The van der Waals surface area contributed by atoms with Crippen molar-refractivity contribution in [3.8, 4) is 0 Å². The summed E-state index contributed by atoms with van der Waals surface area (Å²) in [5.41, 5.74) is 0. The second-order valence-corrected chi connectivity index (χ2v) is 25.2. The normalized spacial score (nSPS) is 12.1. The predicted octanol–water partition coefficient (Wildman–Crippen LogP) is 25.3. The van der Waals surface area contributed by atoms with Gasteiger partial charge in [-0.1, -0.05) is 373 Å². The van der Waals surface area contributed by atoms with E-state index in [1.807, 2.05) is 0 Å². The Balaban J connectivity index is 4.24. The second-order valence-electron chi connectivity index (χ2n) is 25.2. The van der Waals surface area contributed by atoms with Gasteiger partial charge in [-0.25, -0.2) is 0 Å². The van der Waals surface area contributed by atoms with E-state index in [0.717, 1.165) is 64.2 Å². The highest BCUT2D eigenvalue weighted by Crippen LogP contribution is 2.19. The lowest BCUT2D eigenvalue weighted by molar-refractivity contribution is -0.167. The van der Waals surface area contributed by atoms with E-state index in [2.05, 4.69) is 45.1 Å². The molecule has 81 heavy (non-hydrogen) atoms. The third-order valence-corrected chi connectivity index (χ3v) is 17.0. The molecule has 0 aromatic heterocycles. The molecular formula is C75H142O6. The molecule has 0 rings (SSSR count). The lowest BCUT2D eigenvalue weighted by Crippen LogP contribution is -2.30. The topological polar surface area (TPSA) is 78.9 Å². The second kappa shape index (κ2) is 70.4. The van der Waals surface area contributed by atoms with Gasteiger partial charge in [0.25, 0.3) is 0 Å². The molecule has 0 aliphatic carbocycles. The van der Waals surface area contributed by atoms with Gasteiger partial charge in [-0.15, -0.1) is 0 Å². The fourth-order valence-electron chi connectivity index (χ4n) is 11.4. The van der Waals surface area contributed by atoms with Crippen LogP contribution in [0.1, 0.15) is 419 Å². The van der Waals surface area contributed by atoms with Crippen molar-refractivity contribution in [2.24, 2.45) is 0 Å². The van der Waals surface area contributed by atoms with Gasteiger partial charge in [0, 0.05) is 19.3 Å². The number of esters is 3. The zero-order chi connectivity index (χ0) is 58.5. The summed E-state index contributed by atoms with van der Waals surface area (Å²) in [5.74, 6) is -0.831. The van der Waals surface area contributed by atoms with E-state index in [1.54, 1.807) is 0 Å². The molecule has 0 aliphatic rings. The molecule has 1 unspecified atom stereocenters. The molecule has 0 N–H and O–H groups in total. The van der Waals surface area contributed by atoms with Gasteiger partial charge in [-0.2, -0.15) is 0 Å². The van der Waals surface area contributed by atoms with E-state index < -0.39 is 6.10 Å². The number of hydrogen-bond acceptors (Lipinski definition) is 6. The number of carbonyl (C=O) groups excluding carboxylic acids is 3. The molecule has 1 atom stereocenters. The van der Waals surface area contributed by atoms with Gasteiger partial charge >= 0.3 is 17.9 Å². The van der Waals surface area contributed by atoms with Crippen LogP contribution >= 0.6 is 0 Å². The third kappa shape index (κ3) is 68.6. The first-order valence-corrected chi connectivity index (χ1v) is 36.8. The Morgan fingerprint density at radius 3 is 0.679 bits per heavy atom. The Labute approximate surface area is 506 Å². The summed E-state index contributed by atoms with van der Waals surface area (Å²) < 4.78 is 17.0. The first-order valence-electron chi connectivity index (χ1n) is 36.8. The van der Waals surface area contributed by atoms with Crippen LogP contribution in [0.5, 0.6) is 0 Å². The molecule has 0 bridgehead atoms. The van der Waals surface area contributed by atoms with Crippen molar-refractivity contribution in [3.05, 3.63) is 24.3 Å². The van der Waals surface area contributed by atoms with Crippen LogP contribution in [0.25, 0.3) is 0 Å². The highest BCUT2D eigenvalue weighted by atomic mass is 16.6. The Hall–Kier alpha value is -2.11. The van der Waals surface area contributed by atoms with Crippen molar-refractivity contribution in [1.29, 1.82) is 0 Å². The molecule has 0 saturated carbocycles. The van der Waals surface area contributed by atoms with Crippen LogP contribution in [0.2, 0.25) is 0 Å². The maximum absolute atomic E-state index is 13.0. The van der Waals surface area contributed by atoms with Gasteiger partial charge in [-0.3, -0.25) is 14.4 Å². The standard InChI is InChI=1S/C75H142O6/c1-4-7-10-13-16-19-22-25-28-30-32-34-36-37-39-40-42-44-47-50-53-56-59-62-65-68-74(77)80-71-72(70-79-73(76)67-64-61-58-55-52-49-46-27-24-21-18-15-12-9-6-3)81-75(78)69-66-63-60-57-54-51-48-45-43-41-38-35-33-31-29-26-23-20-17-14-11-8-5-2/h23,26,31,33,72H,4-22,24-25,27-30,32,34-71H2,1-3H3/b26-23-,33-31-. The van der Waals surface area contributed by atoms with Crippen LogP contribution in [-0.4, -0.2) is 37.2 Å². The van der Waals surface area contributed by atoms with E-state index in [-0.39, 0.29) is 31.1 Å². The van der Waals surface area contributed by atoms with Gasteiger partial charge in [-0.05, 0) is 51.4 Å². The minimum atomic E-state index is -0.769. The van der Waals surface area contributed by atoms with Crippen LogP contribution in [0.15, 0.2) is 24.3 Å². The minimum absolute atomic E-state index is 0.0650. The van der Waals surface area contributed by atoms with Crippen molar-refractivity contribution in [1.82, 2.24) is 0 Å². The van der Waals surface area contributed by atoms with E-state index in [9.17, 15) is 14.4 Å². The summed E-state index contributed by atoms with van der Waals surface area (Å²) in [6, 6.07) is 0. The first-order chi connectivity index (χ1) is 40.0. The Morgan fingerprint density at radius 1 is 0.247 bits per heavy atom. The Kier molecular flexibility index (Phi) is 68.5. The number of carbonyl (C=O) groups is 3.